The summed E-state index contributed by atoms with van der Waals surface area (Å²) in [6, 6.07) is 4.29. The molecule has 0 radical (unpaired) electrons. The molecule has 1 saturated heterocycles. The van der Waals surface area contributed by atoms with E-state index in [9.17, 15) is 14.7 Å². The molecule has 2 rings (SSSR count). The summed E-state index contributed by atoms with van der Waals surface area (Å²) < 4.78 is 0. The predicted molar refractivity (Wildman–Crippen MR) is 70.9 cm³/mol. The minimum absolute atomic E-state index is 0.0680. The number of hydrogen-bond donors (Lipinski definition) is 2. The first kappa shape index (κ1) is 13.7. The summed E-state index contributed by atoms with van der Waals surface area (Å²) >= 11 is 5.78. The van der Waals surface area contributed by atoms with E-state index in [1.165, 1.54) is 18.2 Å². The molecule has 1 aromatic carbocycles. The lowest BCUT2D eigenvalue weighted by Crippen LogP contribution is -2.38. The highest BCUT2D eigenvalue weighted by Gasteiger charge is 2.40. The Morgan fingerprint density at radius 1 is 1.47 bits per heavy atom. The van der Waals surface area contributed by atoms with Crippen LogP contribution in [0.15, 0.2) is 18.2 Å². The molecular weight excluding hydrogens is 268 g/mol. The quantitative estimate of drug-likeness (QED) is 0.859. The summed E-state index contributed by atoms with van der Waals surface area (Å²) in [5.41, 5.74) is 5.06. The number of rotatable bonds is 2. The number of carbonyl (C=O) groups is 2. The standard InChI is InChI=1S/C13H15ClN2O3/c1-13(12(15)19)4-5-16(7-13)11(18)8-2-3-10(17)9(14)6-8/h2-3,6,17H,4-5,7H2,1H3,(H2,15,19). The Kier molecular flexibility index (Phi) is 3.41. The number of likely N-dealkylation sites (tertiary alicyclic amines) is 1. The van der Waals surface area contributed by atoms with Crippen molar-refractivity contribution in [3.8, 4) is 5.75 Å². The molecule has 1 aliphatic heterocycles. The summed E-state index contributed by atoms with van der Waals surface area (Å²) in [5, 5.41) is 9.46. The molecule has 2 amide bonds. The molecule has 1 heterocycles. The first-order valence-electron chi connectivity index (χ1n) is 5.91. The summed E-state index contributed by atoms with van der Waals surface area (Å²) in [6.07, 6.45) is 0.555. The minimum Gasteiger partial charge on any atom is -0.506 e. The van der Waals surface area contributed by atoms with Gasteiger partial charge in [0.25, 0.3) is 5.91 Å². The van der Waals surface area contributed by atoms with E-state index < -0.39 is 11.3 Å². The van der Waals surface area contributed by atoms with Crippen LogP contribution in [0.4, 0.5) is 0 Å². The van der Waals surface area contributed by atoms with Crippen molar-refractivity contribution >= 4 is 23.4 Å². The maximum Gasteiger partial charge on any atom is 0.253 e. The molecule has 19 heavy (non-hydrogen) atoms. The third-order valence-electron chi connectivity index (χ3n) is 3.55. The van der Waals surface area contributed by atoms with Crippen LogP contribution in [0, 0.1) is 5.41 Å². The SMILES string of the molecule is CC1(C(N)=O)CCN(C(=O)c2ccc(O)c(Cl)c2)C1. The molecule has 0 spiro atoms. The number of nitrogens with two attached hydrogens (primary N) is 1. The van der Waals surface area contributed by atoms with Crippen LogP contribution in [0.25, 0.3) is 0 Å². The average Bonchev–Trinajstić information content (AvgIpc) is 2.76. The van der Waals surface area contributed by atoms with Crippen LogP contribution >= 0.6 is 11.6 Å². The zero-order chi connectivity index (χ0) is 14.2. The van der Waals surface area contributed by atoms with E-state index in [0.29, 0.717) is 25.1 Å². The number of nitrogens with zero attached hydrogens (tertiary/aromatic N) is 1. The smallest absolute Gasteiger partial charge is 0.253 e. The molecule has 3 N–H and O–H groups in total. The molecule has 0 saturated carbocycles. The number of benzene rings is 1. The topological polar surface area (TPSA) is 83.6 Å². The number of carbonyl (C=O) groups excluding carboxylic acids is 2. The van der Waals surface area contributed by atoms with Gasteiger partial charge < -0.3 is 15.7 Å². The Balaban J connectivity index is 2.18. The van der Waals surface area contributed by atoms with Gasteiger partial charge in [-0.15, -0.1) is 0 Å². The van der Waals surface area contributed by atoms with Crippen LogP contribution in [0.2, 0.25) is 5.02 Å². The van der Waals surface area contributed by atoms with Gasteiger partial charge in [0.2, 0.25) is 5.91 Å². The largest absolute Gasteiger partial charge is 0.506 e. The maximum atomic E-state index is 12.3. The molecule has 0 aromatic heterocycles. The second-order valence-electron chi connectivity index (χ2n) is 5.07. The lowest BCUT2D eigenvalue weighted by atomic mass is 9.89. The molecule has 0 aliphatic carbocycles. The summed E-state index contributed by atoms with van der Waals surface area (Å²) in [5.74, 6) is -0.681. The lowest BCUT2D eigenvalue weighted by Gasteiger charge is -2.21. The van der Waals surface area contributed by atoms with E-state index in [-0.39, 0.29) is 16.7 Å². The molecule has 1 aliphatic rings. The number of phenols is 1. The third-order valence-corrected chi connectivity index (χ3v) is 3.85. The lowest BCUT2D eigenvalue weighted by molar-refractivity contribution is -0.126. The van der Waals surface area contributed by atoms with Gasteiger partial charge in [-0.1, -0.05) is 11.6 Å². The van der Waals surface area contributed by atoms with Crippen molar-refractivity contribution in [3.63, 3.8) is 0 Å². The second-order valence-corrected chi connectivity index (χ2v) is 5.48. The van der Waals surface area contributed by atoms with Crippen molar-refractivity contribution in [1.82, 2.24) is 4.90 Å². The van der Waals surface area contributed by atoms with Gasteiger partial charge in [0.15, 0.2) is 0 Å². The number of amides is 2. The molecule has 1 aromatic rings. The highest BCUT2D eigenvalue weighted by atomic mass is 35.5. The number of primary amides is 1. The van der Waals surface area contributed by atoms with Gasteiger partial charge in [0.1, 0.15) is 5.75 Å². The Bertz CT molecular complexity index is 547. The molecule has 1 unspecified atom stereocenters. The number of halogens is 1. The van der Waals surface area contributed by atoms with Gasteiger partial charge in [-0.05, 0) is 31.5 Å². The summed E-state index contributed by atoms with van der Waals surface area (Å²) in [6.45, 7) is 2.54. The summed E-state index contributed by atoms with van der Waals surface area (Å²) in [7, 11) is 0. The van der Waals surface area contributed by atoms with Crippen molar-refractivity contribution < 1.29 is 14.7 Å². The molecule has 6 heteroatoms. The fraction of sp³-hybridized carbons (Fsp3) is 0.385. The Morgan fingerprint density at radius 2 is 2.16 bits per heavy atom. The predicted octanol–water partition coefficient (Wildman–Crippen LogP) is 1.38. The van der Waals surface area contributed by atoms with E-state index in [4.69, 9.17) is 17.3 Å². The van der Waals surface area contributed by atoms with Gasteiger partial charge >= 0.3 is 0 Å². The van der Waals surface area contributed by atoms with Gasteiger partial charge in [-0.25, -0.2) is 0 Å². The van der Waals surface area contributed by atoms with Crippen LogP contribution in [0.3, 0.4) is 0 Å². The van der Waals surface area contributed by atoms with Gasteiger partial charge in [0.05, 0.1) is 10.4 Å². The van der Waals surface area contributed by atoms with Crippen LogP contribution in [-0.2, 0) is 4.79 Å². The fourth-order valence-electron chi connectivity index (χ4n) is 2.16. The summed E-state index contributed by atoms with van der Waals surface area (Å²) in [4.78, 5) is 25.2. The average molecular weight is 283 g/mol. The van der Waals surface area contributed by atoms with E-state index in [1.807, 2.05) is 0 Å². The molecule has 102 valence electrons. The maximum absolute atomic E-state index is 12.3. The molecular formula is C13H15ClN2O3. The first-order chi connectivity index (χ1) is 8.83. The van der Waals surface area contributed by atoms with E-state index in [2.05, 4.69) is 0 Å². The van der Waals surface area contributed by atoms with E-state index in [1.54, 1.807) is 11.8 Å². The first-order valence-corrected chi connectivity index (χ1v) is 6.29. The minimum atomic E-state index is -0.670. The van der Waals surface area contributed by atoms with Crippen LogP contribution in [0.1, 0.15) is 23.7 Å². The zero-order valence-electron chi connectivity index (χ0n) is 10.5. The van der Waals surface area contributed by atoms with Crippen LogP contribution in [-0.4, -0.2) is 34.9 Å². The van der Waals surface area contributed by atoms with Crippen LogP contribution < -0.4 is 5.73 Å². The van der Waals surface area contributed by atoms with Gasteiger partial charge in [-0.3, -0.25) is 9.59 Å². The molecule has 5 nitrogen and oxygen atoms in total. The number of phenolic OH excluding ortho intramolecular Hbond substituents is 1. The van der Waals surface area contributed by atoms with Crippen molar-refractivity contribution in [1.29, 1.82) is 0 Å². The van der Waals surface area contributed by atoms with E-state index in [0.717, 1.165) is 0 Å². The molecule has 1 fully saturated rings. The van der Waals surface area contributed by atoms with Crippen molar-refractivity contribution in [3.05, 3.63) is 28.8 Å². The normalized spacial score (nSPS) is 22.5. The van der Waals surface area contributed by atoms with Crippen molar-refractivity contribution in [2.24, 2.45) is 11.1 Å². The van der Waals surface area contributed by atoms with Gasteiger partial charge in [0, 0.05) is 18.7 Å². The second kappa shape index (κ2) is 4.74. The van der Waals surface area contributed by atoms with Gasteiger partial charge in [-0.2, -0.15) is 0 Å². The number of hydrogen-bond acceptors (Lipinski definition) is 3. The van der Waals surface area contributed by atoms with E-state index >= 15 is 0 Å². The van der Waals surface area contributed by atoms with Crippen LogP contribution in [0.5, 0.6) is 5.75 Å². The number of aromatic hydroxyl groups is 1. The Hall–Kier alpha value is -1.75. The Labute approximate surface area is 116 Å². The monoisotopic (exact) mass is 282 g/mol. The fourth-order valence-corrected chi connectivity index (χ4v) is 2.34. The highest BCUT2D eigenvalue weighted by molar-refractivity contribution is 6.32. The van der Waals surface area contributed by atoms with Crippen molar-refractivity contribution in [2.75, 3.05) is 13.1 Å². The molecule has 0 bridgehead atoms. The molecule has 1 atom stereocenters. The van der Waals surface area contributed by atoms with Crippen molar-refractivity contribution in [2.45, 2.75) is 13.3 Å². The zero-order valence-corrected chi connectivity index (χ0v) is 11.3. The third kappa shape index (κ3) is 2.51. The Morgan fingerprint density at radius 3 is 2.68 bits per heavy atom. The highest BCUT2D eigenvalue weighted by Crippen LogP contribution is 2.31.